The molecule has 4 aromatic rings. The van der Waals surface area contributed by atoms with Gasteiger partial charge in [-0.2, -0.15) is 5.10 Å². The number of aromatic amines is 1. The van der Waals surface area contributed by atoms with Crippen LogP contribution >= 0.6 is 11.6 Å². The molecule has 2 aromatic heterocycles. The molecule has 126 valence electrons. The molecule has 0 saturated heterocycles. The Labute approximate surface area is 147 Å². The molecule has 0 aliphatic carbocycles. The van der Waals surface area contributed by atoms with Crippen LogP contribution in [0, 0.1) is 0 Å². The zero-order valence-electron chi connectivity index (χ0n) is 13.1. The van der Waals surface area contributed by atoms with Gasteiger partial charge >= 0.3 is 0 Å². The minimum absolute atomic E-state index is 0.200. The molecular formula is C17H14ClN5O2. The van der Waals surface area contributed by atoms with Crippen molar-refractivity contribution in [1.82, 2.24) is 24.7 Å². The fraction of sp³-hybridized carbons (Fsp3) is 0.118. The molecule has 7 nitrogen and oxygen atoms in total. The molecule has 8 heteroatoms. The van der Waals surface area contributed by atoms with E-state index in [1.54, 1.807) is 12.1 Å². The van der Waals surface area contributed by atoms with Gasteiger partial charge in [0.2, 0.25) is 0 Å². The SMILES string of the molecule is OCc1nc2c(Oc3ccccc3Cl)cccc2n1Cc1ncn[nH]1. The number of para-hydroxylation sites is 2. The summed E-state index contributed by atoms with van der Waals surface area (Å²) in [5, 5.41) is 16.9. The molecule has 0 aliphatic heterocycles. The van der Waals surface area contributed by atoms with Gasteiger partial charge in [-0.05, 0) is 24.3 Å². The number of nitrogens with zero attached hydrogens (tertiary/aromatic N) is 4. The van der Waals surface area contributed by atoms with Crippen LogP contribution in [-0.4, -0.2) is 29.8 Å². The Bertz CT molecular complexity index is 1010. The third-order valence-electron chi connectivity index (χ3n) is 3.79. The maximum atomic E-state index is 9.68. The lowest BCUT2D eigenvalue weighted by molar-refractivity contribution is 0.266. The van der Waals surface area contributed by atoms with E-state index in [9.17, 15) is 5.11 Å². The molecule has 25 heavy (non-hydrogen) atoms. The Hall–Kier alpha value is -2.90. The van der Waals surface area contributed by atoms with Gasteiger partial charge in [-0.1, -0.05) is 29.8 Å². The molecule has 0 atom stereocenters. The smallest absolute Gasteiger partial charge is 0.155 e. The summed E-state index contributed by atoms with van der Waals surface area (Å²) in [5.41, 5.74) is 1.47. The van der Waals surface area contributed by atoms with Gasteiger partial charge in [0, 0.05) is 0 Å². The summed E-state index contributed by atoms with van der Waals surface area (Å²) in [6.45, 7) is 0.219. The van der Waals surface area contributed by atoms with Crippen LogP contribution in [0.2, 0.25) is 5.02 Å². The van der Waals surface area contributed by atoms with Crippen LogP contribution in [0.3, 0.4) is 0 Å². The maximum absolute atomic E-state index is 9.68. The number of aliphatic hydroxyl groups excluding tert-OH is 1. The van der Waals surface area contributed by atoms with E-state index in [2.05, 4.69) is 20.2 Å². The van der Waals surface area contributed by atoms with Gasteiger partial charge in [0.15, 0.2) is 5.75 Å². The number of nitrogens with one attached hydrogen (secondary N) is 1. The van der Waals surface area contributed by atoms with Crippen molar-refractivity contribution in [2.24, 2.45) is 0 Å². The molecule has 0 amide bonds. The average Bonchev–Trinajstić information content (AvgIpc) is 3.26. The lowest BCUT2D eigenvalue weighted by Gasteiger charge is -2.08. The molecule has 0 unspecified atom stereocenters. The van der Waals surface area contributed by atoms with Gasteiger partial charge in [-0.3, -0.25) is 5.10 Å². The van der Waals surface area contributed by atoms with Crippen LogP contribution in [0.15, 0.2) is 48.8 Å². The molecule has 2 heterocycles. The van der Waals surface area contributed by atoms with Crippen molar-refractivity contribution in [2.75, 3.05) is 0 Å². The lowest BCUT2D eigenvalue weighted by atomic mass is 10.3. The third kappa shape index (κ3) is 2.95. The van der Waals surface area contributed by atoms with Crippen molar-refractivity contribution < 1.29 is 9.84 Å². The van der Waals surface area contributed by atoms with Gasteiger partial charge in [-0.15, -0.1) is 0 Å². The molecule has 0 spiro atoms. The molecule has 0 aliphatic rings. The first-order valence-electron chi connectivity index (χ1n) is 7.62. The normalized spacial score (nSPS) is 11.1. The van der Waals surface area contributed by atoms with Crippen molar-refractivity contribution in [3.63, 3.8) is 0 Å². The van der Waals surface area contributed by atoms with Gasteiger partial charge in [-0.25, -0.2) is 9.97 Å². The van der Waals surface area contributed by atoms with Gasteiger partial charge < -0.3 is 14.4 Å². The fourth-order valence-corrected chi connectivity index (χ4v) is 2.83. The second kappa shape index (κ2) is 6.54. The molecule has 0 bridgehead atoms. The van der Waals surface area contributed by atoms with E-state index in [4.69, 9.17) is 16.3 Å². The number of hydrogen-bond donors (Lipinski definition) is 2. The van der Waals surface area contributed by atoms with Crippen LogP contribution in [0.25, 0.3) is 11.0 Å². The predicted molar refractivity (Wildman–Crippen MR) is 92.7 cm³/mol. The van der Waals surface area contributed by atoms with Crippen molar-refractivity contribution in [3.8, 4) is 11.5 Å². The number of imidazole rings is 1. The van der Waals surface area contributed by atoms with Crippen LogP contribution in [0.4, 0.5) is 0 Å². The van der Waals surface area contributed by atoms with Crippen molar-refractivity contribution >= 4 is 22.6 Å². The Balaban J connectivity index is 1.79. The van der Waals surface area contributed by atoms with E-state index in [0.717, 1.165) is 5.52 Å². The minimum Gasteiger partial charge on any atom is -0.453 e. The number of ether oxygens (including phenoxy) is 1. The van der Waals surface area contributed by atoms with E-state index in [0.29, 0.717) is 40.2 Å². The highest BCUT2D eigenvalue weighted by Gasteiger charge is 2.16. The zero-order chi connectivity index (χ0) is 17.2. The largest absolute Gasteiger partial charge is 0.453 e. The Morgan fingerprint density at radius 3 is 2.72 bits per heavy atom. The first-order chi connectivity index (χ1) is 12.3. The van der Waals surface area contributed by atoms with Crippen molar-refractivity contribution in [3.05, 3.63) is 65.5 Å². The second-order valence-corrected chi connectivity index (χ2v) is 5.77. The molecule has 0 radical (unpaired) electrons. The van der Waals surface area contributed by atoms with E-state index in [1.807, 2.05) is 34.9 Å². The summed E-state index contributed by atoms with van der Waals surface area (Å²) in [7, 11) is 0. The van der Waals surface area contributed by atoms with Crippen molar-refractivity contribution in [2.45, 2.75) is 13.2 Å². The second-order valence-electron chi connectivity index (χ2n) is 5.36. The summed E-state index contributed by atoms with van der Waals surface area (Å²) >= 11 is 6.17. The van der Waals surface area contributed by atoms with E-state index < -0.39 is 0 Å². The fourth-order valence-electron chi connectivity index (χ4n) is 2.65. The zero-order valence-corrected chi connectivity index (χ0v) is 13.8. The lowest BCUT2D eigenvalue weighted by Crippen LogP contribution is -2.06. The number of rotatable bonds is 5. The highest BCUT2D eigenvalue weighted by Crippen LogP contribution is 2.33. The van der Waals surface area contributed by atoms with Gasteiger partial charge in [0.25, 0.3) is 0 Å². The highest BCUT2D eigenvalue weighted by molar-refractivity contribution is 6.32. The molecule has 2 N–H and O–H groups in total. The maximum Gasteiger partial charge on any atom is 0.155 e. The monoisotopic (exact) mass is 355 g/mol. The molecule has 0 fully saturated rings. The van der Waals surface area contributed by atoms with E-state index >= 15 is 0 Å². The first kappa shape index (κ1) is 15.6. The quantitative estimate of drug-likeness (QED) is 0.574. The topological polar surface area (TPSA) is 88.8 Å². The van der Waals surface area contributed by atoms with Gasteiger partial charge in [0.1, 0.15) is 35.8 Å². The summed E-state index contributed by atoms with van der Waals surface area (Å²) < 4.78 is 7.82. The van der Waals surface area contributed by atoms with Crippen LogP contribution in [0.1, 0.15) is 11.6 Å². The van der Waals surface area contributed by atoms with Crippen LogP contribution < -0.4 is 4.74 Å². The highest BCUT2D eigenvalue weighted by atomic mass is 35.5. The molecular weight excluding hydrogens is 342 g/mol. The van der Waals surface area contributed by atoms with Crippen LogP contribution in [0.5, 0.6) is 11.5 Å². The van der Waals surface area contributed by atoms with Gasteiger partial charge in [0.05, 0.1) is 17.1 Å². The summed E-state index contributed by atoms with van der Waals surface area (Å²) in [6.07, 6.45) is 1.44. The number of fused-ring (bicyclic) bond motifs is 1. The van der Waals surface area contributed by atoms with Crippen LogP contribution in [-0.2, 0) is 13.2 Å². The number of benzene rings is 2. The Kier molecular flexibility index (Phi) is 4.09. The number of hydrogen-bond acceptors (Lipinski definition) is 5. The number of halogens is 1. The summed E-state index contributed by atoms with van der Waals surface area (Å²) in [6, 6.07) is 12.8. The predicted octanol–water partition coefficient (Wildman–Crippen LogP) is 3.14. The number of aromatic nitrogens is 5. The first-order valence-corrected chi connectivity index (χ1v) is 7.99. The van der Waals surface area contributed by atoms with E-state index in [-0.39, 0.29) is 6.61 Å². The molecule has 0 saturated carbocycles. The Morgan fingerprint density at radius 1 is 1.12 bits per heavy atom. The van der Waals surface area contributed by atoms with E-state index in [1.165, 1.54) is 6.33 Å². The third-order valence-corrected chi connectivity index (χ3v) is 4.10. The summed E-state index contributed by atoms with van der Waals surface area (Å²) in [4.78, 5) is 8.65. The van der Waals surface area contributed by atoms with Crippen molar-refractivity contribution in [1.29, 1.82) is 0 Å². The molecule has 4 rings (SSSR count). The number of H-pyrrole nitrogens is 1. The standard InChI is InChI=1S/C17H14ClN5O2/c18-11-4-1-2-6-13(11)25-14-7-3-5-12-17(14)21-16(9-24)23(12)8-15-19-10-20-22-15/h1-7,10,24H,8-9H2,(H,19,20,22). The summed E-state index contributed by atoms with van der Waals surface area (Å²) in [5.74, 6) is 2.30. The Morgan fingerprint density at radius 2 is 1.96 bits per heavy atom. The molecule has 2 aromatic carbocycles. The average molecular weight is 356 g/mol. The minimum atomic E-state index is -0.200. The number of aliphatic hydroxyl groups is 1.